The first-order valence-electron chi connectivity index (χ1n) is 8.56. The Bertz CT molecular complexity index is 851. The van der Waals surface area contributed by atoms with Gasteiger partial charge in [0.05, 0.1) is 38.3 Å². The summed E-state index contributed by atoms with van der Waals surface area (Å²) in [6.07, 6.45) is 1.46. The maximum atomic E-state index is 12.7. The lowest BCUT2D eigenvalue weighted by Crippen LogP contribution is -3.12. The van der Waals surface area contributed by atoms with Crippen molar-refractivity contribution in [2.75, 3.05) is 33.2 Å². The van der Waals surface area contributed by atoms with Crippen molar-refractivity contribution in [2.24, 2.45) is 0 Å². The van der Waals surface area contributed by atoms with Crippen LogP contribution in [-0.2, 0) is 10.0 Å². The monoisotopic (exact) mass is 412 g/mol. The van der Waals surface area contributed by atoms with Crippen LogP contribution >= 0.6 is 23.4 Å². The van der Waals surface area contributed by atoms with Crippen molar-refractivity contribution < 1.29 is 13.3 Å². The van der Waals surface area contributed by atoms with Crippen molar-refractivity contribution in [2.45, 2.75) is 22.1 Å². The van der Waals surface area contributed by atoms with Gasteiger partial charge in [0, 0.05) is 16.5 Å². The summed E-state index contributed by atoms with van der Waals surface area (Å²) in [5, 5.41) is 1.63. The van der Waals surface area contributed by atoms with Crippen LogP contribution in [0.5, 0.6) is 0 Å². The molecule has 0 aliphatic carbocycles. The zero-order valence-electron chi connectivity index (χ0n) is 14.9. The molecule has 3 rings (SSSR count). The number of quaternary nitrogens is 1. The molecule has 1 atom stereocenters. The number of rotatable bonds is 5. The highest BCUT2D eigenvalue weighted by Crippen LogP contribution is 2.37. The van der Waals surface area contributed by atoms with Gasteiger partial charge in [-0.25, -0.2) is 13.4 Å². The Morgan fingerprint density at radius 2 is 1.88 bits per heavy atom. The number of benzene rings is 1. The predicted molar refractivity (Wildman–Crippen MR) is 105 cm³/mol. The first-order chi connectivity index (χ1) is 12.4. The van der Waals surface area contributed by atoms with Crippen LogP contribution < -0.4 is 4.90 Å². The van der Waals surface area contributed by atoms with E-state index >= 15 is 0 Å². The van der Waals surface area contributed by atoms with Crippen molar-refractivity contribution in [1.82, 2.24) is 9.29 Å². The number of halogens is 1. The molecule has 1 aromatic heterocycles. The largest absolute Gasteiger partial charge is 0.335 e. The molecule has 8 heteroatoms. The number of piperazine rings is 1. The number of aromatic nitrogens is 1. The van der Waals surface area contributed by atoms with E-state index in [0.29, 0.717) is 13.1 Å². The molecule has 1 aliphatic rings. The highest BCUT2D eigenvalue weighted by atomic mass is 35.5. The van der Waals surface area contributed by atoms with Crippen molar-refractivity contribution in [3.05, 3.63) is 53.2 Å². The highest BCUT2D eigenvalue weighted by molar-refractivity contribution is 7.99. The van der Waals surface area contributed by atoms with E-state index in [4.69, 9.17) is 11.6 Å². The molecular weight excluding hydrogens is 390 g/mol. The number of hydrogen-bond donors (Lipinski definition) is 1. The van der Waals surface area contributed by atoms with Crippen LogP contribution in [0.2, 0.25) is 5.02 Å². The zero-order valence-corrected chi connectivity index (χ0v) is 17.2. The molecule has 140 valence electrons. The van der Waals surface area contributed by atoms with Gasteiger partial charge in [0.1, 0.15) is 4.90 Å². The molecule has 1 fully saturated rings. The van der Waals surface area contributed by atoms with E-state index in [2.05, 4.69) is 19.0 Å². The van der Waals surface area contributed by atoms with Crippen LogP contribution in [0, 0.1) is 0 Å². The van der Waals surface area contributed by atoms with Crippen LogP contribution in [0.1, 0.15) is 17.7 Å². The normalized spacial score (nSPS) is 18.0. The first-order valence-corrected chi connectivity index (χ1v) is 11.3. The van der Waals surface area contributed by atoms with Gasteiger partial charge in [-0.05, 0) is 30.7 Å². The van der Waals surface area contributed by atoms with Crippen molar-refractivity contribution in [3.63, 3.8) is 0 Å². The van der Waals surface area contributed by atoms with Crippen molar-refractivity contribution in [3.8, 4) is 0 Å². The van der Waals surface area contributed by atoms with E-state index in [-0.39, 0.29) is 10.1 Å². The molecule has 1 aromatic carbocycles. The molecule has 0 unspecified atom stereocenters. The second-order valence-electron chi connectivity index (χ2n) is 6.47. The van der Waals surface area contributed by atoms with Crippen LogP contribution in [0.15, 0.2) is 52.5 Å². The number of thioether (sulfide) groups is 1. The minimum absolute atomic E-state index is 0.124. The summed E-state index contributed by atoms with van der Waals surface area (Å²) >= 11 is 7.81. The summed E-state index contributed by atoms with van der Waals surface area (Å²) in [6, 6.07) is 11.1. The lowest BCUT2D eigenvalue weighted by Gasteiger charge is -2.29. The van der Waals surface area contributed by atoms with Crippen LogP contribution in [0.3, 0.4) is 0 Å². The topological polar surface area (TPSA) is 54.7 Å². The molecular formula is C18H23ClN3O2S2+. The SMILES string of the molecule is C[C@@H](Sc1ccc(S(=O)(=O)N2CC[NH+](C)CC2)cn1)c1ccccc1Cl. The van der Waals surface area contributed by atoms with Crippen LogP contribution in [0.4, 0.5) is 0 Å². The third-order valence-corrected chi connectivity index (χ3v) is 7.88. The maximum absolute atomic E-state index is 12.7. The van der Waals surface area contributed by atoms with Crippen LogP contribution in [0.25, 0.3) is 0 Å². The third-order valence-electron chi connectivity index (χ3n) is 4.56. The summed E-state index contributed by atoms with van der Waals surface area (Å²) in [4.78, 5) is 5.97. The van der Waals surface area contributed by atoms with Gasteiger partial charge in [-0.1, -0.05) is 41.6 Å². The fourth-order valence-corrected chi connectivity index (χ4v) is 5.60. The fourth-order valence-electron chi connectivity index (χ4n) is 2.90. The van der Waals surface area contributed by atoms with Gasteiger partial charge >= 0.3 is 0 Å². The number of pyridine rings is 1. The molecule has 2 aromatic rings. The molecule has 0 spiro atoms. The Morgan fingerprint density at radius 3 is 2.50 bits per heavy atom. The molecule has 5 nitrogen and oxygen atoms in total. The average Bonchev–Trinajstić information content (AvgIpc) is 2.63. The molecule has 1 saturated heterocycles. The van der Waals surface area contributed by atoms with E-state index in [1.165, 1.54) is 11.1 Å². The molecule has 0 amide bonds. The summed E-state index contributed by atoms with van der Waals surface area (Å²) in [7, 11) is -1.38. The second kappa shape index (κ2) is 8.27. The van der Waals surface area contributed by atoms with Gasteiger partial charge in [0.2, 0.25) is 10.0 Å². The molecule has 1 N–H and O–H groups in total. The summed E-state index contributed by atoms with van der Waals surface area (Å²) in [6.45, 7) is 4.82. The lowest BCUT2D eigenvalue weighted by atomic mass is 10.2. The smallest absolute Gasteiger partial charge is 0.245 e. The Balaban J connectivity index is 1.71. The van der Waals surface area contributed by atoms with Gasteiger partial charge in [-0.15, -0.1) is 0 Å². The second-order valence-corrected chi connectivity index (χ2v) is 10.2. The minimum Gasteiger partial charge on any atom is -0.335 e. The molecule has 26 heavy (non-hydrogen) atoms. The van der Waals surface area contributed by atoms with Gasteiger partial charge < -0.3 is 4.90 Å². The van der Waals surface area contributed by atoms with E-state index in [1.807, 2.05) is 24.3 Å². The molecule has 0 radical (unpaired) electrons. The molecule has 0 saturated carbocycles. The van der Waals surface area contributed by atoms with Crippen molar-refractivity contribution in [1.29, 1.82) is 0 Å². The summed E-state index contributed by atoms with van der Waals surface area (Å²) in [5.41, 5.74) is 1.04. The van der Waals surface area contributed by atoms with E-state index in [9.17, 15) is 8.42 Å². The molecule has 2 heterocycles. The first kappa shape index (κ1) is 19.6. The average molecular weight is 413 g/mol. The van der Waals surface area contributed by atoms with E-state index in [1.54, 1.807) is 28.2 Å². The highest BCUT2D eigenvalue weighted by Gasteiger charge is 2.29. The van der Waals surface area contributed by atoms with Crippen LogP contribution in [-0.4, -0.2) is 50.9 Å². The molecule has 1 aliphatic heterocycles. The summed E-state index contributed by atoms with van der Waals surface area (Å²) < 4.78 is 27.0. The predicted octanol–water partition coefficient (Wildman–Crippen LogP) is 2.11. The Morgan fingerprint density at radius 1 is 1.19 bits per heavy atom. The number of sulfonamides is 1. The van der Waals surface area contributed by atoms with Gasteiger partial charge in [-0.2, -0.15) is 4.31 Å². The van der Waals surface area contributed by atoms with Gasteiger partial charge in [0.15, 0.2) is 0 Å². The number of nitrogens with one attached hydrogen (secondary N) is 1. The minimum atomic E-state index is -3.46. The lowest BCUT2D eigenvalue weighted by molar-refractivity contribution is -0.883. The maximum Gasteiger partial charge on any atom is 0.245 e. The summed E-state index contributed by atoms with van der Waals surface area (Å²) in [5.74, 6) is 0. The van der Waals surface area contributed by atoms with E-state index < -0.39 is 10.0 Å². The van der Waals surface area contributed by atoms with Gasteiger partial charge in [-0.3, -0.25) is 0 Å². The third kappa shape index (κ3) is 4.40. The zero-order chi connectivity index (χ0) is 18.7. The Kier molecular flexibility index (Phi) is 6.25. The number of likely N-dealkylation sites (N-methyl/N-ethyl adjacent to an activating group) is 1. The Hall–Kier alpha value is -1.12. The fraction of sp³-hybridized carbons (Fsp3) is 0.389. The number of hydrogen-bond acceptors (Lipinski definition) is 4. The van der Waals surface area contributed by atoms with E-state index in [0.717, 1.165) is 28.7 Å². The molecule has 0 bridgehead atoms. The van der Waals surface area contributed by atoms with Gasteiger partial charge in [0.25, 0.3) is 0 Å². The Labute approximate surface area is 164 Å². The quantitative estimate of drug-likeness (QED) is 0.764. The van der Waals surface area contributed by atoms with Crippen molar-refractivity contribution >= 4 is 33.4 Å². The standard InChI is InChI=1S/C18H22ClN3O2S2/c1-14(16-5-3-4-6-17(16)19)25-18-8-7-15(13-20-18)26(23,24)22-11-9-21(2)10-12-22/h3-8,13-14H,9-12H2,1-2H3/p+1/t14-/m1/s1. The number of nitrogens with zero attached hydrogens (tertiary/aromatic N) is 2.